The lowest BCUT2D eigenvalue weighted by atomic mass is 10.00. The first kappa shape index (κ1) is 11.5. The molecule has 3 aliphatic rings. The Hall–Kier alpha value is -0.610. The second kappa shape index (κ2) is 4.25. The quantitative estimate of drug-likeness (QED) is 0.731. The molecule has 0 aromatic heterocycles. The zero-order valence-electron chi connectivity index (χ0n) is 10.5. The number of carbonyl (C=O) groups is 1. The number of piperidine rings is 1. The highest BCUT2D eigenvalue weighted by atomic mass is 16.7. The summed E-state index contributed by atoms with van der Waals surface area (Å²) in [6.45, 7) is 4.89. The average Bonchev–Trinajstić information content (AvgIpc) is 3.11. The lowest BCUT2D eigenvalue weighted by molar-refractivity contribution is -0.194. The highest BCUT2D eigenvalue weighted by Crippen LogP contribution is 2.38. The van der Waals surface area contributed by atoms with Gasteiger partial charge in [0.1, 0.15) is 0 Å². The molecular formula is C13H21NO3. The van der Waals surface area contributed by atoms with E-state index < -0.39 is 5.79 Å². The SMILES string of the molecule is CC(C(=O)N1CCCC2(C1)OCCO2)C1CC1. The summed E-state index contributed by atoms with van der Waals surface area (Å²) in [5, 5.41) is 0. The molecule has 1 unspecified atom stereocenters. The van der Waals surface area contributed by atoms with Gasteiger partial charge < -0.3 is 14.4 Å². The number of hydrogen-bond donors (Lipinski definition) is 0. The minimum Gasteiger partial charge on any atom is -0.346 e. The number of amides is 1. The molecular weight excluding hydrogens is 218 g/mol. The number of likely N-dealkylation sites (tertiary alicyclic amines) is 1. The van der Waals surface area contributed by atoms with Crippen molar-refractivity contribution in [1.82, 2.24) is 4.90 Å². The monoisotopic (exact) mass is 239 g/mol. The fourth-order valence-electron chi connectivity index (χ4n) is 2.99. The van der Waals surface area contributed by atoms with Crippen molar-refractivity contribution < 1.29 is 14.3 Å². The molecule has 3 fully saturated rings. The fourth-order valence-corrected chi connectivity index (χ4v) is 2.99. The van der Waals surface area contributed by atoms with E-state index >= 15 is 0 Å². The van der Waals surface area contributed by atoms with Crippen molar-refractivity contribution in [1.29, 1.82) is 0 Å². The van der Waals surface area contributed by atoms with E-state index in [0.717, 1.165) is 19.4 Å². The highest BCUT2D eigenvalue weighted by molar-refractivity contribution is 5.79. The molecule has 2 heterocycles. The van der Waals surface area contributed by atoms with Crippen LogP contribution in [0.1, 0.15) is 32.6 Å². The summed E-state index contributed by atoms with van der Waals surface area (Å²) < 4.78 is 11.4. The summed E-state index contributed by atoms with van der Waals surface area (Å²) in [6, 6.07) is 0. The molecule has 2 aliphatic heterocycles. The Labute approximate surface area is 102 Å². The maximum atomic E-state index is 12.3. The molecule has 0 aromatic rings. The molecule has 1 spiro atoms. The van der Waals surface area contributed by atoms with E-state index in [1.807, 2.05) is 4.90 Å². The summed E-state index contributed by atoms with van der Waals surface area (Å²) in [5.74, 6) is 0.639. The van der Waals surface area contributed by atoms with E-state index in [1.54, 1.807) is 0 Å². The second-order valence-corrected chi connectivity index (χ2v) is 5.60. The zero-order chi connectivity index (χ0) is 11.9. The third-order valence-corrected chi connectivity index (χ3v) is 4.26. The Morgan fingerprint density at radius 1 is 1.35 bits per heavy atom. The largest absolute Gasteiger partial charge is 0.346 e. The predicted molar refractivity (Wildman–Crippen MR) is 62.3 cm³/mol. The molecule has 1 saturated carbocycles. The van der Waals surface area contributed by atoms with Crippen LogP contribution in [0.3, 0.4) is 0 Å². The third-order valence-electron chi connectivity index (χ3n) is 4.26. The normalized spacial score (nSPS) is 29.6. The number of carbonyl (C=O) groups excluding carboxylic acids is 1. The van der Waals surface area contributed by atoms with Gasteiger partial charge in [0.15, 0.2) is 5.79 Å². The third kappa shape index (κ3) is 2.20. The minimum absolute atomic E-state index is 0.187. The maximum absolute atomic E-state index is 12.3. The standard InChI is InChI=1S/C13H21NO3/c1-10(11-3-4-11)12(15)14-6-2-5-13(9-14)16-7-8-17-13/h10-11H,2-9H2,1H3. The maximum Gasteiger partial charge on any atom is 0.225 e. The van der Waals surface area contributed by atoms with Gasteiger partial charge in [-0.1, -0.05) is 6.92 Å². The van der Waals surface area contributed by atoms with E-state index in [1.165, 1.54) is 12.8 Å². The molecule has 0 aromatic carbocycles. The van der Waals surface area contributed by atoms with Gasteiger partial charge in [-0.15, -0.1) is 0 Å². The summed E-state index contributed by atoms with van der Waals surface area (Å²) in [4.78, 5) is 14.3. The van der Waals surface area contributed by atoms with Crippen LogP contribution in [0.4, 0.5) is 0 Å². The molecule has 0 radical (unpaired) electrons. The smallest absolute Gasteiger partial charge is 0.225 e. The van der Waals surface area contributed by atoms with Crippen molar-refractivity contribution in [3.63, 3.8) is 0 Å². The summed E-state index contributed by atoms with van der Waals surface area (Å²) in [5.41, 5.74) is 0. The van der Waals surface area contributed by atoms with Crippen molar-refractivity contribution in [2.75, 3.05) is 26.3 Å². The molecule has 3 rings (SSSR count). The van der Waals surface area contributed by atoms with Gasteiger partial charge in [-0.25, -0.2) is 0 Å². The Morgan fingerprint density at radius 2 is 2.06 bits per heavy atom. The van der Waals surface area contributed by atoms with Crippen LogP contribution in [0, 0.1) is 11.8 Å². The Kier molecular flexibility index (Phi) is 2.87. The van der Waals surface area contributed by atoms with E-state index in [-0.39, 0.29) is 5.92 Å². The van der Waals surface area contributed by atoms with Crippen LogP contribution >= 0.6 is 0 Å². The lowest BCUT2D eigenvalue weighted by Crippen LogP contribution is -2.52. The van der Waals surface area contributed by atoms with Crippen molar-refractivity contribution >= 4 is 5.91 Å². The first-order valence-electron chi connectivity index (χ1n) is 6.77. The number of hydrogen-bond acceptors (Lipinski definition) is 3. The molecule has 0 N–H and O–H groups in total. The van der Waals surface area contributed by atoms with Gasteiger partial charge >= 0.3 is 0 Å². The first-order valence-corrected chi connectivity index (χ1v) is 6.77. The van der Waals surface area contributed by atoms with Gasteiger partial charge in [-0.2, -0.15) is 0 Å². The Bertz CT molecular complexity index is 308. The molecule has 17 heavy (non-hydrogen) atoms. The highest BCUT2D eigenvalue weighted by Gasteiger charge is 2.44. The van der Waals surface area contributed by atoms with Gasteiger partial charge in [-0.05, 0) is 25.2 Å². The van der Waals surface area contributed by atoms with Crippen LogP contribution < -0.4 is 0 Å². The van der Waals surface area contributed by atoms with Gasteiger partial charge in [-0.3, -0.25) is 4.79 Å². The molecule has 1 aliphatic carbocycles. The van der Waals surface area contributed by atoms with Gasteiger partial charge in [0.05, 0.1) is 19.8 Å². The molecule has 4 nitrogen and oxygen atoms in total. The van der Waals surface area contributed by atoms with Gasteiger partial charge in [0, 0.05) is 18.9 Å². The van der Waals surface area contributed by atoms with E-state index in [0.29, 0.717) is 31.6 Å². The number of ether oxygens (including phenoxy) is 2. The van der Waals surface area contributed by atoms with Crippen LogP contribution in [-0.2, 0) is 14.3 Å². The van der Waals surface area contributed by atoms with Crippen LogP contribution in [0.2, 0.25) is 0 Å². The molecule has 1 atom stereocenters. The van der Waals surface area contributed by atoms with E-state index in [2.05, 4.69) is 6.92 Å². The average molecular weight is 239 g/mol. The Balaban J connectivity index is 1.64. The number of rotatable bonds is 2. The predicted octanol–water partition coefficient (Wildman–Crippen LogP) is 1.40. The second-order valence-electron chi connectivity index (χ2n) is 5.60. The molecule has 96 valence electrons. The summed E-state index contributed by atoms with van der Waals surface area (Å²) >= 11 is 0. The van der Waals surface area contributed by atoms with Crippen molar-refractivity contribution in [3.05, 3.63) is 0 Å². The zero-order valence-corrected chi connectivity index (χ0v) is 10.5. The fraction of sp³-hybridized carbons (Fsp3) is 0.923. The molecule has 1 amide bonds. The van der Waals surface area contributed by atoms with E-state index in [9.17, 15) is 4.79 Å². The molecule has 0 bridgehead atoms. The van der Waals surface area contributed by atoms with Crippen molar-refractivity contribution in [2.24, 2.45) is 11.8 Å². The van der Waals surface area contributed by atoms with Crippen molar-refractivity contribution in [3.8, 4) is 0 Å². The van der Waals surface area contributed by atoms with Crippen LogP contribution in [0.15, 0.2) is 0 Å². The van der Waals surface area contributed by atoms with E-state index in [4.69, 9.17) is 9.47 Å². The van der Waals surface area contributed by atoms with Crippen LogP contribution in [0.5, 0.6) is 0 Å². The summed E-state index contributed by atoms with van der Waals surface area (Å²) in [6.07, 6.45) is 4.36. The Morgan fingerprint density at radius 3 is 2.71 bits per heavy atom. The van der Waals surface area contributed by atoms with Crippen LogP contribution in [-0.4, -0.2) is 42.9 Å². The van der Waals surface area contributed by atoms with Crippen molar-refractivity contribution in [2.45, 2.75) is 38.4 Å². The van der Waals surface area contributed by atoms with Gasteiger partial charge in [0.2, 0.25) is 5.91 Å². The van der Waals surface area contributed by atoms with Gasteiger partial charge in [0.25, 0.3) is 0 Å². The number of nitrogens with zero attached hydrogens (tertiary/aromatic N) is 1. The lowest BCUT2D eigenvalue weighted by Gasteiger charge is -2.39. The molecule has 2 saturated heterocycles. The molecule has 4 heteroatoms. The minimum atomic E-state index is -0.475. The van der Waals surface area contributed by atoms with Crippen LogP contribution in [0.25, 0.3) is 0 Å². The topological polar surface area (TPSA) is 38.8 Å². The first-order chi connectivity index (χ1) is 8.20. The summed E-state index contributed by atoms with van der Waals surface area (Å²) in [7, 11) is 0.